The Bertz CT molecular complexity index is 1050. The number of rotatable bonds is 5. The summed E-state index contributed by atoms with van der Waals surface area (Å²) >= 11 is 3.38. The molecule has 0 heterocycles. The van der Waals surface area contributed by atoms with Crippen molar-refractivity contribution >= 4 is 38.3 Å². The first-order valence-corrected chi connectivity index (χ1v) is 8.98. The van der Waals surface area contributed by atoms with E-state index in [1.165, 1.54) is 6.20 Å². The maximum Gasteiger partial charge on any atom is 0.267 e. The van der Waals surface area contributed by atoms with Gasteiger partial charge in [-0.2, -0.15) is 5.26 Å². The number of amides is 1. The molecule has 0 aromatic heterocycles. The van der Waals surface area contributed by atoms with E-state index in [0.717, 1.165) is 10.0 Å². The molecule has 0 aliphatic heterocycles. The zero-order chi connectivity index (χ0) is 19.2. The lowest BCUT2D eigenvalue weighted by Gasteiger charge is -2.09. The lowest BCUT2D eigenvalue weighted by molar-refractivity contribution is -0.112. The van der Waals surface area contributed by atoms with E-state index in [4.69, 9.17) is 0 Å². The molecule has 0 atom stereocenters. The van der Waals surface area contributed by atoms with Gasteiger partial charge in [0.05, 0.1) is 0 Å². The summed E-state index contributed by atoms with van der Waals surface area (Å²) in [7, 11) is 0. The van der Waals surface area contributed by atoms with Crippen LogP contribution in [0.3, 0.4) is 0 Å². The Kier molecular flexibility index (Phi) is 5.74. The Morgan fingerprint density at radius 1 is 1.07 bits per heavy atom. The molecule has 134 valence electrons. The van der Waals surface area contributed by atoms with Gasteiger partial charge in [0.15, 0.2) is 0 Å². The molecule has 0 saturated carbocycles. The number of phenolic OH excluding ortho intramolecular Hbond substituents is 1. The predicted molar refractivity (Wildman–Crippen MR) is 109 cm³/mol. The molecule has 3 aromatic rings. The van der Waals surface area contributed by atoms with Crippen molar-refractivity contribution < 1.29 is 9.90 Å². The normalized spacial score (nSPS) is 11.0. The van der Waals surface area contributed by atoms with Gasteiger partial charge in [0.25, 0.3) is 5.91 Å². The number of halogens is 1. The van der Waals surface area contributed by atoms with Gasteiger partial charge >= 0.3 is 0 Å². The molecule has 0 spiro atoms. The van der Waals surface area contributed by atoms with E-state index in [0.29, 0.717) is 23.0 Å². The maximum absolute atomic E-state index is 12.4. The van der Waals surface area contributed by atoms with Crippen LogP contribution in [0.1, 0.15) is 5.56 Å². The Hall–Kier alpha value is -3.30. The number of benzene rings is 3. The summed E-state index contributed by atoms with van der Waals surface area (Å²) < 4.78 is 0.986. The average Bonchev–Trinajstić information content (AvgIpc) is 2.67. The van der Waals surface area contributed by atoms with Crippen molar-refractivity contribution in [2.24, 2.45) is 0 Å². The van der Waals surface area contributed by atoms with Gasteiger partial charge in [-0.05, 0) is 29.8 Å². The van der Waals surface area contributed by atoms with Crippen molar-refractivity contribution in [3.63, 3.8) is 0 Å². The second kappa shape index (κ2) is 8.39. The molecule has 0 radical (unpaired) electrons. The molecule has 0 aliphatic rings. The fraction of sp³-hybridized carbons (Fsp3) is 0.0476. The van der Waals surface area contributed by atoms with Crippen LogP contribution in [0.15, 0.2) is 76.9 Å². The van der Waals surface area contributed by atoms with E-state index in [1.807, 2.05) is 30.3 Å². The van der Waals surface area contributed by atoms with E-state index in [1.54, 1.807) is 36.4 Å². The number of nitrogens with zero attached hydrogens (tertiary/aromatic N) is 1. The highest BCUT2D eigenvalue weighted by Crippen LogP contribution is 2.29. The predicted octanol–water partition coefficient (Wildman–Crippen LogP) is 4.44. The minimum atomic E-state index is -0.517. The summed E-state index contributed by atoms with van der Waals surface area (Å²) in [6.07, 6.45) is 1.40. The van der Waals surface area contributed by atoms with Crippen LogP contribution in [0.5, 0.6) is 5.75 Å². The molecule has 3 N–H and O–H groups in total. The van der Waals surface area contributed by atoms with Crippen molar-refractivity contribution in [2.75, 3.05) is 5.32 Å². The Morgan fingerprint density at radius 3 is 2.52 bits per heavy atom. The largest absolute Gasteiger partial charge is 0.507 e. The minimum absolute atomic E-state index is 0.0377. The van der Waals surface area contributed by atoms with Crippen LogP contribution < -0.4 is 10.6 Å². The highest BCUT2D eigenvalue weighted by atomic mass is 79.9. The fourth-order valence-corrected chi connectivity index (χ4v) is 2.88. The quantitative estimate of drug-likeness (QED) is 0.419. The number of hydrogen-bond donors (Lipinski definition) is 3. The molecular formula is C21H16BrN3O2. The van der Waals surface area contributed by atoms with E-state index in [2.05, 4.69) is 26.6 Å². The molecule has 6 heteroatoms. The van der Waals surface area contributed by atoms with E-state index >= 15 is 0 Å². The lowest BCUT2D eigenvalue weighted by Crippen LogP contribution is -2.16. The molecular weight excluding hydrogens is 406 g/mol. The van der Waals surface area contributed by atoms with Crippen LogP contribution >= 0.6 is 15.9 Å². The van der Waals surface area contributed by atoms with Crippen LogP contribution in [0.2, 0.25) is 0 Å². The Labute approximate surface area is 165 Å². The monoisotopic (exact) mass is 421 g/mol. The second-order valence-corrected chi connectivity index (χ2v) is 6.72. The van der Waals surface area contributed by atoms with E-state index in [-0.39, 0.29) is 11.3 Å². The third-order valence-corrected chi connectivity index (χ3v) is 4.51. The van der Waals surface area contributed by atoms with Gasteiger partial charge in [-0.1, -0.05) is 52.3 Å². The number of hydrogen-bond acceptors (Lipinski definition) is 4. The van der Waals surface area contributed by atoms with E-state index in [9.17, 15) is 15.2 Å². The lowest BCUT2D eigenvalue weighted by atomic mass is 10.1. The Balaban J connectivity index is 1.73. The smallest absolute Gasteiger partial charge is 0.267 e. The summed E-state index contributed by atoms with van der Waals surface area (Å²) in [5.41, 5.74) is 1.52. The number of carbonyl (C=O) groups excluding carboxylic acids is 1. The highest BCUT2D eigenvalue weighted by molar-refractivity contribution is 9.10. The standard InChI is InChI=1S/C21H16BrN3O2/c22-16-9-7-14(8-10-16)12-24-13-15(11-23)21(27)25-19-5-1-4-18-17(19)3-2-6-20(18)26/h1-10,13,24,26H,12H2,(H,25,27)/b15-13-. The topological polar surface area (TPSA) is 85.2 Å². The number of nitriles is 1. The van der Waals surface area contributed by atoms with Gasteiger partial charge in [0.2, 0.25) is 0 Å². The van der Waals surface area contributed by atoms with Crippen molar-refractivity contribution in [1.29, 1.82) is 5.26 Å². The fourth-order valence-electron chi connectivity index (χ4n) is 2.61. The van der Waals surface area contributed by atoms with Crippen molar-refractivity contribution in [3.8, 4) is 11.8 Å². The third kappa shape index (κ3) is 4.46. The van der Waals surface area contributed by atoms with Crippen LogP contribution in [-0.4, -0.2) is 11.0 Å². The molecule has 3 aromatic carbocycles. The minimum Gasteiger partial charge on any atom is -0.507 e. The van der Waals surface area contributed by atoms with Crippen molar-refractivity contribution in [2.45, 2.75) is 6.54 Å². The van der Waals surface area contributed by atoms with Gasteiger partial charge in [0, 0.05) is 33.7 Å². The molecule has 0 bridgehead atoms. The zero-order valence-corrected chi connectivity index (χ0v) is 15.8. The maximum atomic E-state index is 12.4. The molecule has 27 heavy (non-hydrogen) atoms. The summed E-state index contributed by atoms with van der Waals surface area (Å²) in [6, 6.07) is 20.0. The first-order valence-electron chi connectivity index (χ1n) is 8.18. The molecule has 1 amide bonds. The Morgan fingerprint density at radius 2 is 1.78 bits per heavy atom. The zero-order valence-electron chi connectivity index (χ0n) is 14.2. The first kappa shape index (κ1) is 18.5. The van der Waals surface area contributed by atoms with Gasteiger partial charge in [-0.3, -0.25) is 4.79 Å². The third-order valence-electron chi connectivity index (χ3n) is 3.98. The van der Waals surface area contributed by atoms with Crippen LogP contribution in [0, 0.1) is 11.3 Å². The summed E-state index contributed by atoms with van der Waals surface area (Å²) in [4.78, 5) is 12.4. The SMILES string of the molecule is N#C/C(=C/NCc1ccc(Br)cc1)C(=O)Nc1cccc2c(O)cccc12. The summed E-state index contributed by atoms with van der Waals surface area (Å²) in [5, 5.41) is 26.3. The molecule has 3 rings (SSSR count). The number of nitrogens with one attached hydrogen (secondary N) is 2. The van der Waals surface area contributed by atoms with Crippen LogP contribution in [0.4, 0.5) is 5.69 Å². The number of anilines is 1. The van der Waals surface area contributed by atoms with Crippen molar-refractivity contribution in [1.82, 2.24) is 5.32 Å². The first-order chi connectivity index (χ1) is 13.1. The number of aromatic hydroxyl groups is 1. The van der Waals surface area contributed by atoms with Gasteiger partial charge < -0.3 is 15.7 Å². The average molecular weight is 422 g/mol. The second-order valence-electron chi connectivity index (χ2n) is 5.81. The van der Waals surface area contributed by atoms with Gasteiger partial charge in [0.1, 0.15) is 17.4 Å². The molecule has 0 fully saturated rings. The van der Waals surface area contributed by atoms with Gasteiger partial charge in [-0.15, -0.1) is 0 Å². The molecule has 0 unspecified atom stereocenters. The summed E-state index contributed by atoms with van der Waals surface area (Å²) in [5.74, 6) is -0.382. The highest BCUT2D eigenvalue weighted by Gasteiger charge is 2.12. The van der Waals surface area contributed by atoms with Crippen molar-refractivity contribution in [3.05, 3.63) is 82.5 Å². The molecule has 5 nitrogen and oxygen atoms in total. The van der Waals surface area contributed by atoms with E-state index < -0.39 is 5.91 Å². The summed E-state index contributed by atoms with van der Waals surface area (Å²) in [6.45, 7) is 0.494. The number of carbonyl (C=O) groups is 1. The van der Waals surface area contributed by atoms with Gasteiger partial charge in [-0.25, -0.2) is 0 Å². The number of phenols is 1. The number of fused-ring (bicyclic) bond motifs is 1. The van der Waals surface area contributed by atoms with Crippen LogP contribution in [0.25, 0.3) is 10.8 Å². The van der Waals surface area contributed by atoms with Crippen LogP contribution in [-0.2, 0) is 11.3 Å². The molecule has 0 saturated heterocycles. The molecule has 0 aliphatic carbocycles.